The van der Waals surface area contributed by atoms with Crippen LogP contribution in [-0.2, 0) is 0 Å². The Bertz CT molecular complexity index is 509. The van der Waals surface area contributed by atoms with E-state index in [2.05, 4.69) is 40.7 Å². The maximum Gasteiger partial charge on any atom is 0.147 e. The van der Waals surface area contributed by atoms with Crippen molar-refractivity contribution < 1.29 is 0 Å². The van der Waals surface area contributed by atoms with Crippen molar-refractivity contribution in [2.45, 2.75) is 6.92 Å². The van der Waals surface area contributed by atoms with Gasteiger partial charge in [-0.1, -0.05) is 37.3 Å². The molecule has 0 saturated carbocycles. The molecule has 1 aromatic heterocycles. The van der Waals surface area contributed by atoms with Crippen molar-refractivity contribution >= 4 is 22.4 Å². The van der Waals surface area contributed by atoms with Gasteiger partial charge < -0.3 is 16.0 Å². The molecule has 0 aliphatic heterocycles. The van der Waals surface area contributed by atoms with Gasteiger partial charge in [0.2, 0.25) is 0 Å². The number of rotatable bonds is 6. The Morgan fingerprint density at radius 3 is 2.74 bits per heavy atom. The number of nitrogens with two attached hydrogens (primary N) is 1. The van der Waals surface area contributed by atoms with Crippen molar-refractivity contribution in [2.75, 3.05) is 37.7 Å². The zero-order valence-electron chi connectivity index (χ0n) is 11.4. The number of benzene rings is 1. The van der Waals surface area contributed by atoms with E-state index in [9.17, 15) is 0 Å². The Balaban J connectivity index is 2.10. The second-order valence-electron chi connectivity index (χ2n) is 4.46. The van der Waals surface area contributed by atoms with Crippen LogP contribution in [0.3, 0.4) is 0 Å². The van der Waals surface area contributed by atoms with Crippen molar-refractivity contribution in [3.8, 4) is 11.1 Å². The summed E-state index contributed by atoms with van der Waals surface area (Å²) < 4.78 is 4.25. The molecule has 0 saturated heterocycles. The summed E-state index contributed by atoms with van der Waals surface area (Å²) in [7, 11) is 2.11. The van der Waals surface area contributed by atoms with Crippen molar-refractivity contribution in [1.82, 2.24) is 9.27 Å². The number of aromatic nitrogens is 1. The monoisotopic (exact) mass is 276 g/mol. The van der Waals surface area contributed by atoms with Gasteiger partial charge in [-0.3, -0.25) is 0 Å². The van der Waals surface area contributed by atoms with E-state index in [0.29, 0.717) is 5.82 Å². The molecule has 0 bridgehead atoms. The molecule has 0 amide bonds. The second-order valence-corrected chi connectivity index (χ2v) is 5.23. The highest BCUT2D eigenvalue weighted by molar-refractivity contribution is 7.11. The third-order valence-corrected chi connectivity index (χ3v) is 3.92. The van der Waals surface area contributed by atoms with Gasteiger partial charge >= 0.3 is 0 Å². The number of hydrogen-bond donors (Lipinski definition) is 2. The van der Waals surface area contributed by atoms with Crippen LogP contribution in [0.25, 0.3) is 11.1 Å². The van der Waals surface area contributed by atoms with Crippen molar-refractivity contribution in [2.24, 2.45) is 0 Å². The third kappa shape index (κ3) is 3.45. The minimum Gasteiger partial charge on any atom is -0.382 e. The van der Waals surface area contributed by atoms with Crippen molar-refractivity contribution in [3.63, 3.8) is 0 Å². The zero-order valence-corrected chi connectivity index (χ0v) is 12.2. The average molecular weight is 276 g/mol. The lowest BCUT2D eigenvalue weighted by atomic mass is 10.1. The molecule has 5 heteroatoms. The van der Waals surface area contributed by atoms with E-state index in [-0.39, 0.29) is 0 Å². The van der Waals surface area contributed by atoms with E-state index in [1.807, 2.05) is 18.2 Å². The first-order chi connectivity index (χ1) is 9.22. The van der Waals surface area contributed by atoms with Crippen LogP contribution in [-0.4, -0.2) is 36.0 Å². The van der Waals surface area contributed by atoms with Gasteiger partial charge in [0.1, 0.15) is 10.8 Å². The van der Waals surface area contributed by atoms with Crippen molar-refractivity contribution in [3.05, 3.63) is 30.3 Å². The van der Waals surface area contributed by atoms with Crippen LogP contribution in [0.15, 0.2) is 30.3 Å². The predicted octanol–water partition coefficient (Wildman–Crippen LogP) is 2.76. The predicted molar refractivity (Wildman–Crippen MR) is 83.6 cm³/mol. The van der Waals surface area contributed by atoms with Crippen LogP contribution in [0.4, 0.5) is 10.8 Å². The van der Waals surface area contributed by atoms with Crippen LogP contribution < -0.4 is 11.1 Å². The Kier molecular flexibility index (Phi) is 4.76. The van der Waals surface area contributed by atoms with Gasteiger partial charge in [0.05, 0.1) is 5.56 Å². The number of hydrogen-bond acceptors (Lipinski definition) is 5. The summed E-state index contributed by atoms with van der Waals surface area (Å²) in [5.41, 5.74) is 8.11. The first kappa shape index (κ1) is 13.8. The van der Waals surface area contributed by atoms with E-state index in [1.165, 1.54) is 11.5 Å². The fourth-order valence-electron chi connectivity index (χ4n) is 1.83. The standard InChI is InChI=1S/C14H20N4S/c1-3-18(2)10-9-16-14-12(13(15)17-19-14)11-7-5-4-6-8-11/h4-8,16H,3,9-10H2,1-2H3,(H2,15,17). The SMILES string of the molecule is CCN(C)CCNc1snc(N)c1-c1ccccc1. The largest absolute Gasteiger partial charge is 0.382 e. The summed E-state index contributed by atoms with van der Waals surface area (Å²) in [6, 6.07) is 10.2. The zero-order chi connectivity index (χ0) is 13.7. The molecule has 0 atom stereocenters. The highest BCUT2D eigenvalue weighted by Gasteiger charge is 2.12. The fraction of sp³-hybridized carbons (Fsp3) is 0.357. The number of likely N-dealkylation sites (N-methyl/N-ethyl adjacent to an activating group) is 1. The molecule has 3 N–H and O–H groups in total. The minimum atomic E-state index is 0.600. The summed E-state index contributed by atoms with van der Waals surface area (Å²) in [6.45, 7) is 5.10. The summed E-state index contributed by atoms with van der Waals surface area (Å²) in [5.74, 6) is 0.600. The molecular formula is C14H20N4S. The highest BCUT2D eigenvalue weighted by atomic mass is 32.1. The number of nitrogens with one attached hydrogen (secondary N) is 1. The lowest BCUT2D eigenvalue weighted by Gasteiger charge is -2.14. The Morgan fingerprint density at radius 2 is 2.05 bits per heavy atom. The van der Waals surface area contributed by atoms with E-state index in [4.69, 9.17) is 5.73 Å². The van der Waals surface area contributed by atoms with E-state index in [0.717, 1.165) is 35.8 Å². The molecule has 2 aromatic rings. The van der Waals surface area contributed by atoms with Gasteiger partial charge in [-0.2, -0.15) is 4.37 Å². The summed E-state index contributed by atoms with van der Waals surface area (Å²) in [6.07, 6.45) is 0. The van der Waals surface area contributed by atoms with Crippen LogP contribution in [0, 0.1) is 0 Å². The second kappa shape index (κ2) is 6.54. The molecule has 102 valence electrons. The molecule has 1 aromatic carbocycles. The average Bonchev–Trinajstić information content (AvgIpc) is 2.80. The van der Waals surface area contributed by atoms with Gasteiger partial charge in [0, 0.05) is 13.1 Å². The molecular weight excluding hydrogens is 256 g/mol. The van der Waals surface area contributed by atoms with E-state index in [1.54, 1.807) is 0 Å². The lowest BCUT2D eigenvalue weighted by molar-refractivity contribution is 0.367. The van der Waals surface area contributed by atoms with Crippen LogP contribution >= 0.6 is 11.5 Å². The molecule has 0 aliphatic rings. The maximum absolute atomic E-state index is 5.98. The lowest BCUT2D eigenvalue weighted by Crippen LogP contribution is -2.24. The van der Waals surface area contributed by atoms with Crippen LogP contribution in [0.2, 0.25) is 0 Å². The first-order valence-corrected chi connectivity index (χ1v) is 7.22. The third-order valence-electron chi connectivity index (χ3n) is 3.10. The smallest absolute Gasteiger partial charge is 0.147 e. The molecule has 19 heavy (non-hydrogen) atoms. The Hall–Kier alpha value is -1.59. The maximum atomic E-state index is 5.98. The molecule has 0 fully saturated rings. The summed E-state index contributed by atoms with van der Waals surface area (Å²) in [4.78, 5) is 2.26. The molecule has 4 nitrogen and oxygen atoms in total. The van der Waals surface area contributed by atoms with Crippen molar-refractivity contribution in [1.29, 1.82) is 0 Å². The van der Waals surface area contributed by atoms with Gasteiger partial charge in [-0.25, -0.2) is 0 Å². The molecule has 0 unspecified atom stereocenters. The number of nitrogens with zero attached hydrogens (tertiary/aromatic N) is 2. The van der Waals surface area contributed by atoms with E-state index >= 15 is 0 Å². The fourth-order valence-corrected chi connectivity index (χ4v) is 2.59. The van der Waals surface area contributed by atoms with Crippen LogP contribution in [0.1, 0.15) is 6.92 Å². The molecule has 0 spiro atoms. The van der Waals surface area contributed by atoms with Gasteiger partial charge in [-0.05, 0) is 30.7 Å². The normalized spacial score (nSPS) is 10.9. The molecule has 0 radical (unpaired) electrons. The highest BCUT2D eigenvalue weighted by Crippen LogP contribution is 2.36. The minimum absolute atomic E-state index is 0.600. The Morgan fingerprint density at radius 1 is 1.32 bits per heavy atom. The summed E-state index contributed by atoms with van der Waals surface area (Å²) >= 11 is 1.43. The van der Waals surface area contributed by atoms with Gasteiger partial charge in [0.15, 0.2) is 0 Å². The van der Waals surface area contributed by atoms with Crippen LogP contribution in [0.5, 0.6) is 0 Å². The number of nitrogen functional groups attached to an aromatic ring is 1. The summed E-state index contributed by atoms with van der Waals surface area (Å²) in [5, 5.41) is 4.48. The number of anilines is 2. The quantitative estimate of drug-likeness (QED) is 0.852. The Labute approximate surface area is 118 Å². The molecule has 2 rings (SSSR count). The topological polar surface area (TPSA) is 54.2 Å². The van der Waals surface area contributed by atoms with Gasteiger partial charge in [-0.15, -0.1) is 0 Å². The molecule has 0 aliphatic carbocycles. The van der Waals surface area contributed by atoms with Gasteiger partial charge in [0.25, 0.3) is 0 Å². The van der Waals surface area contributed by atoms with E-state index < -0.39 is 0 Å². The first-order valence-electron chi connectivity index (χ1n) is 6.45. The molecule has 1 heterocycles.